The highest BCUT2D eigenvalue weighted by Crippen LogP contribution is 2.28. The summed E-state index contributed by atoms with van der Waals surface area (Å²) in [5.74, 6) is 0.431. The van der Waals surface area contributed by atoms with Crippen molar-refractivity contribution in [2.75, 3.05) is 0 Å². The molecule has 0 fully saturated rings. The molecule has 2 aliphatic heterocycles. The van der Waals surface area contributed by atoms with Crippen LogP contribution < -0.4 is 0 Å². The summed E-state index contributed by atoms with van der Waals surface area (Å²) in [6.07, 6.45) is 9.07. The van der Waals surface area contributed by atoms with Gasteiger partial charge in [0.15, 0.2) is 5.84 Å². The molecular weight excluding hydrogens is 298 g/mol. The minimum Gasteiger partial charge on any atom is -0.351 e. The van der Waals surface area contributed by atoms with Crippen LogP contribution in [0, 0.1) is 0 Å². The molecule has 0 N–H and O–H groups in total. The fourth-order valence-electron chi connectivity index (χ4n) is 2.70. The van der Waals surface area contributed by atoms with Crippen molar-refractivity contribution in [1.82, 2.24) is 9.47 Å². The molecule has 0 atom stereocenters. The minimum atomic E-state index is -3.55. The Kier molecular flexibility index (Phi) is 2.65. The van der Waals surface area contributed by atoms with Gasteiger partial charge >= 0.3 is 0 Å². The predicted molar refractivity (Wildman–Crippen MR) is 87.4 cm³/mol. The molecule has 6 heteroatoms. The molecule has 0 saturated heterocycles. The first-order valence-electron chi connectivity index (χ1n) is 6.79. The average Bonchev–Trinajstić information content (AvgIpc) is 2.87. The Labute approximate surface area is 128 Å². The van der Waals surface area contributed by atoms with Gasteiger partial charge in [0.05, 0.1) is 5.41 Å². The number of allylic oxidation sites excluding steroid dienone is 2. The van der Waals surface area contributed by atoms with Gasteiger partial charge in [-0.2, -0.15) is 8.42 Å². The van der Waals surface area contributed by atoms with Crippen LogP contribution >= 0.6 is 0 Å². The first kappa shape index (κ1) is 13.1. The van der Waals surface area contributed by atoms with Gasteiger partial charge in [0.2, 0.25) is 0 Å². The summed E-state index contributed by atoms with van der Waals surface area (Å²) in [6, 6.07) is 8.10. The van der Waals surface area contributed by atoms with Crippen molar-refractivity contribution in [2.45, 2.75) is 0 Å². The lowest BCUT2D eigenvalue weighted by Gasteiger charge is -2.25. The zero-order chi connectivity index (χ0) is 15.3. The van der Waals surface area contributed by atoms with Crippen LogP contribution in [-0.2, 0) is 17.1 Å². The summed E-state index contributed by atoms with van der Waals surface area (Å²) in [4.78, 5) is 1.71. The van der Waals surface area contributed by atoms with Gasteiger partial charge in [-0.25, -0.2) is 0 Å². The lowest BCUT2D eigenvalue weighted by molar-refractivity contribution is 0.602. The third-order valence-corrected chi connectivity index (χ3v) is 4.69. The van der Waals surface area contributed by atoms with Crippen molar-refractivity contribution in [2.24, 2.45) is 11.4 Å². The maximum Gasteiger partial charge on any atom is 0.278 e. The standard InChI is InChI=1S/C16H13N3O2S/c1-18-8-6-13-11-12(4-5-15(13)18)14-3-2-7-19-9-10-22(20,21)17-16(14)19/h2-11H,1H3. The summed E-state index contributed by atoms with van der Waals surface area (Å²) in [6.45, 7) is 0. The van der Waals surface area contributed by atoms with E-state index in [9.17, 15) is 8.42 Å². The van der Waals surface area contributed by atoms with Crippen LogP contribution in [0.2, 0.25) is 0 Å². The van der Waals surface area contributed by atoms with Crippen molar-refractivity contribution in [1.29, 1.82) is 0 Å². The quantitative estimate of drug-likeness (QED) is 0.813. The molecule has 110 valence electrons. The molecule has 22 heavy (non-hydrogen) atoms. The van der Waals surface area contributed by atoms with Crippen LogP contribution in [0.25, 0.3) is 16.5 Å². The lowest BCUT2D eigenvalue weighted by Crippen LogP contribution is -2.27. The fraction of sp³-hybridized carbons (Fsp3) is 0.0625. The predicted octanol–water partition coefficient (Wildman–Crippen LogP) is 2.60. The molecule has 0 saturated carbocycles. The van der Waals surface area contributed by atoms with Gasteiger partial charge in [0.1, 0.15) is 0 Å². The maximum absolute atomic E-state index is 11.7. The van der Waals surface area contributed by atoms with Gasteiger partial charge in [0.25, 0.3) is 10.0 Å². The second kappa shape index (κ2) is 4.45. The summed E-state index contributed by atoms with van der Waals surface area (Å²) in [5, 5.41) is 2.21. The molecule has 2 aliphatic rings. The SMILES string of the molecule is Cn1ccc2cc(C3=CC=CN4C=CS(=O)(=O)N=C34)ccc21. The molecule has 0 spiro atoms. The van der Waals surface area contributed by atoms with Crippen molar-refractivity contribution in [3.05, 3.63) is 66.0 Å². The van der Waals surface area contributed by atoms with Gasteiger partial charge in [-0.05, 0) is 35.9 Å². The third-order valence-electron chi connectivity index (χ3n) is 3.80. The van der Waals surface area contributed by atoms with Gasteiger partial charge in [-0.1, -0.05) is 6.07 Å². The summed E-state index contributed by atoms with van der Waals surface area (Å²) in [5.41, 5.74) is 2.86. The number of amidine groups is 1. The van der Waals surface area contributed by atoms with Gasteiger partial charge < -0.3 is 9.47 Å². The van der Waals surface area contributed by atoms with Crippen LogP contribution in [0.5, 0.6) is 0 Å². The number of nitrogens with zero attached hydrogens (tertiary/aromatic N) is 3. The van der Waals surface area contributed by atoms with Crippen molar-refractivity contribution in [3.8, 4) is 0 Å². The van der Waals surface area contributed by atoms with E-state index in [1.165, 1.54) is 6.20 Å². The largest absolute Gasteiger partial charge is 0.351 e. The number of hydrogen-bond acceptors (Lipinski definition) is 3. The third kappa shape index (κ3) is 2.00. The Balaban J connectivity index is 1.88. The summed E-state index contributed by atoms with van der Waals surface area (Å²) < 4.78 is 29.4. The highest BCUT2D eigenvalue weighted by atomic mass is 32.2. The molecule has 3 heterocycles. The van der Waals surface area contributed by atoms with E-state index in [1.807, 2.05) is 54.2 Å². The Bertz CT molecular complexity index is 1010. The van der Waals surface area contributed by atoms with E-state index < -0.39 is 10.0 Å². The number of aryl methyl sites for hydroxylation is 1. The van der Waals surface area contributed by atoms with Gasteiger partial charge in [-0.15, -0.1) is 4.40 Å². The van der Waals surface area contributed by atoms with E-state index >= 15 is 0 Å². The molecule has 0 bridgehead atoms. The van der Waals surface area contributed by atoms with E-state index in [1.54, 1.807) is 11.1 Å². The zero-order valence-electron chi connectivity index (χ0n) is 11.8. The molecule has 4 rings (SSSR count). The number of fused-ring (bicyclic) bond motifs is 2. The van der Waals surface area contributed by atoms with Crippen LogP contribution in [0.3, 0.4) is 0 Å². The number of hydrogen-bond donors (Lipinski definition) is 0. The van der Waals surface area contributed by atoms with Crippen molar-refractivity contribution >= 4 is 32.3 Å². The van der Waals surface area contributed by atoms with Crippen molar-refractivity contribution in [3.63, 3.8) is 0 Å². The normalized spacial score (nSPS) is 19.0. The Morgan fingerprint density at radius 1 is 1.14 bits per heavy atom. The van der Waals surface area contributed by atoms with E-state index in [-0.39, 0.29) is 0 Å². The maximum atomic E-state index is 11.7. The second-order valence-electron chi connectivity index (χ2n) is 5.24. The average molecular weight is 311 g/mol. The fourth-order valence-corrected chi connectivity index (χ4v) is 3.48. The molecular formula is C16H13N3O2S. The first-order chi connectivity index (χ1) is 10.5. The number of benzene rings is 1. The van der Waals surface area contributed by atoms with E-state index in [4.69, 9.17) is 0 Å². The monoisotopic (exact) mass is 311 g/mol. The van der Waals surface area contributed by atoms with Gasteiger partial charge in [0, 0.05) is 42.1 Å². The molecule has 1 aromatic heterocycles. The number of sulfonamides is 1. The second-order valence-corrected chi connectivity index (χ2v) is 6.73. The minimum absolute atomic E-state index is 0.431. The smallest absolute Gasteiger partial charge is 0.278 e. The molecule has 5 nitrogen and oxygen atoms in total. The van der Waals surface area contributed by atoms with E-state index in [2.05, 4.69) is 4.40 Å². The Hall–Kier alpha value is -2.60. The van der Waals surface area contributed by atoms with E-state index in [0.717, 1.165) is 27.4 Å². The molecule has 2 aromatic rings. The first-order valence-corrected chi connectivity index (χ1v) is 8.30. The Morgan fingerprint density at radius 3 is 2.86 bits per heavy atom. The molecule has 0 radical (unpaired) electrons. The number of rotatable bonds is 1. The molecule has 1 aromatic carbocycles. The topological polar surface area (TPSA) is 54.7 Å². The van der Waals surface area contributed by atoms with Crippen LogP contribution in [0.15, 0.2) is 64.8 Å². The van der Waals surface area contributed by atoms with Crippen molar-refractivity contribution < 1.29 is 8.42 Å². The summed E-state index contributed by atoms with van der Waals surface area (Å²) >= 11 is 0. The highest BCUT2D eigenvalue weighted by molar-refractivity contribution is 7.93. The molecule has 0 aliphatic carbocycles. The molecule has 0 unspecified atom stereocenters. The number of aromatic nitrogens is 1. The lowest BCUT2D eigenvalue weighted by atomic mass is 10.0. The van der Waals surface area contributed by atoms with Crippen LogP contribution in [-0.4, -0.2) is 23.7 Å². The van der Waals surface area contributed by atoms with Crippen LogP contribution in [0.4, 0.5) is 0 Å². The summed E-state index contributed by atoms with van der Waals surface area (Å²) in [7, 11) is -1.55. The van der Waals surface area contributed by atoms with Crippen LogP contribution in [0.1, 0.15) is 5.56 Å². The van der Waals surface area contributed by atoms with Gasteiger partial charge in [-0.3, -0.25) is 0 Å². The Morgan fingerprint density at radius 2 is 2.00 bits per heavy atom. The zero-order valence-corrected chi connectivity index (χ0v) is 12.7. The van der Waals surface area contributed by atoms with E-state index in [0.29, 0.717) is 5.84 Å². The highest BCUT2D eigenvalue weighted by Gasteiger charge is 2.23. The molecule has 0 amide bonds.